The molecule has 2 bridgehead atoms. The molecule has 4 rings (SSSR count). The van der Waals surface area contributed by atoms with Crippen LogP contribution in [0.1, 0.15) is 18.5 Å². The van der Waals surface area contributed by atoms with Crippen molar-refractivity contribution in [3.05, 3.63) is 30.1 Å². The Morgan fingerprint density at radius 1 is 1.32 bits per heavy atom. The van der Waals surface area contributed by atoms with Crippen molar-refractivity contribution in [1.82, 2.24) is 15.2 Å². The van der Waals surface area contributed by atoms with Crippen molar-refractivity contribution in [2.75, 3.05) is 20.1 Å². The zero-order valence-corrected chi connectivity index (χ0v) is 15.1. The molecule has 3 saturated heterocycles. The molecule has 4 heterocycles. The van der Waals surface area contributed by atoms with Gasteiger partial charge in [0.05, 0.1) is 24.4 Å². The van der Waals surface area contributed by atoms with E-state index in [2.05, 4.69) is 20.2 Å². The van der Waals surface area contributed by atoms with Gasteiger partial charge in [-0.15, -0.1) is 24.0 Å². The minimum Gasteiger partial charge on any atom is -0.374 e. The fraction of sp³-hybridized carbons (Fsp3) is 0.625. The van der Waals surface area contributed by atoms with Gasteiger partial charge in [0.1, 0.15) is 0 Å². The van der Waals surface area contributed by atoms with Crippen LogP contribution in [0.15, 0.2) is 29.4 Å². The minimum absolute atomic E-state index is 0. The molecule has 0 saturated carbocycles. The number of aliphatic imine (C=N–C) groups is 1. The number of ether oxygens (including phenoxy) is 1. The second-order valence-electron chi connectivity index (χ2n) is 6.24. The zero-order chi connectivity index (χ0) is 14.2. The van der Waals surface area contributed by atoms with Crippen LogP contribution in [0, 0.1) is 11.8 Å². The van der Waals surface area contributed by atoms with E-state index in [0.717, 1.165) is 31.3 Å². The number of likely N-dealkylation sites (tertiary alicyclic amines) is 1. The maximum Gasteiger partial charge on any atom is 0.193 e. The third-order valence-electron chi connectivity index (χ3n) is 5.12. The van der Waals surface area contributed by atoms with Crippen LogP contribution < -0.4 is 5.32 Å². The molecule has 4 unspecified atom stereocenters. The Morgan fingerprint density at radius 2 is 2.05 bits per heavy atom. The molecule has 120 valence electrons. The SMILES string of the molecule is CN=C(NCc1ccccn1)N1CC2C3CCC(O3)C2C1.I. The molecule has 4 atom stereocenters. The topological polar surface area (TPSA) is 49.8 Å². The summed E-state index contributed by atoms with van der Waals surface area (Å²) in [7, 11) is 1.86. The first-order chi connectivity index (χ1) is 10.3. The lowest BCUT2D eigenvalue weighted by Crippen LogP contribution is -2.41. The third-order valence-corrected chi connectivity index (χ3v) is 5.12. The van der Waals surface area contributed by atoms with Gasteiger partial charge < -0.3 is 15.0 Å². The summed E-state index contributed by atoms with van der Waals surface area (Å²) in [5, 5.41) is 3.44. The fourth-order valence-corrected chi connectivity index (χ4v) is 4.14. The van der Waals surface area contributed by atoms with Gasteiger partial charge in [0.15, 0.2) is 5.96 Å². The zero-order valence-electron chi connectivity index (χ0n) is 12.8. The lowest BCUT2D eigenvalue weighted by atomic mass is 9.82. The average molecular weight is 414 g/mol. The largest absolute Gasteiger partial charge is 0.374 e. The van der Waals surface area contributed by atoms with Crippen molar-refractivity contribution in [3.63, 3.8) is 0 Å². The van der Waals surface area contributed by atoms with E-state index in [-0.39, 0.29) is 24.0 Å². The second kappa shape index (κ2) is 6.70. The van der Waals surface area contributed by atoms with Crippen molar-refractivity contribution in [3.8, 4) is 0 Å². The van der Waals surface area contributed by atoms with Crippen LogP contribution in [-0.4, -0.2) is 48.2 Å². The molecule has 3 fully saturated rings. The second-order valence-corrected chi connectivity index (χ2v) is 6.24. The Morgan fingerprint density at radius 3 is 2.64 bits per heavy atom. The number of nitrogens with one attached hydrogen (secondary N) is 1. The number of pyridine rings is 1. The lowest BCUT2D eigenvalue weighted by Gasteiger charge is -2.23. The number of aromatic nitrogens is 1. The highest BCUT2D eigenvalue weighted by Crippen LogP contribution is 2.47. The fourth-order valence-electron chi connectivity index (χ4n) is 4.14. The Labute approximate surface area is 148 Å². The van der Waals surface area contributed by atoms with Gasteiger partial charge in [-0.3, -0.25) is 9.98 Å². The van der Waals surface area contributed by atoms with Gasteiger partial charge in [0.25, 0.3) is 0 Å². The van der Waals surface area contributed by atoms with Crippen LogP contribution in [-0.2, 0) is 11.3 Å². The molecular weight excluding hydrogens is 391 g/mol. The summed E-state index contributed by atoms with van der Waals surface area (Å²) in [6, 6.07) is 5.99. The van der Waals surface area contributed by atoms with E-state index in [0.29, 0.717) is 24.0 Å². The quantitative estimate of drug-likeness (QED) is 0.456. The maximum atomic E-state index is 6.03. The minimum atomic E-state index is 0. The first-order valence-electron chi connectivity index (χ1n) is 7.86. The summed E-state index contributed by atoms with van der Waals surface area (Å²) in [5.41, 5.74) is 1.04. The van der Waals surface area contributed by atoms with Gasteiger partial charge in [-0.2, -0.15) is 0 Å². The highest BCUT2D eigenvalue weighted by Gasteiger charge is 2.53. The summed E-state index contributed by atoms with van der Waals surface area (Å²) < 4.78 is 6.03. The molecule has 0 aromatic carbocycles. The van der Waals surface area contributed by atoms with E-state index in [9.17, 15) is 0 Å². The van der Waals surface area contributed by atoms with Gasteiger partial charge in [-0.05, 0) is 25.0 Å². The molecule has 0 spiro atoms. The first kappa shape index (κ1) is 16.0. The Bertz CT molecular complexity index is 520. The molecule has 6 heteroatoms. The third kappa shape index (κ3) is 2.82. The average Bonchev–Trinajstić information content (AvgIpc) is 3.21. The molecule has 22 heavy (non-hydrogen) atoms. The van der Waals surface area contributed by atoms with E-state index >= 15 is 0 Å². The predicted molar refractivity (Wildman–Crippen MR) is 96.3 cm³/mol. The summed E-state index contributed by atoms with van der Waals surface area (Å²) in [6.07, 6.45) is 5.33. The molecule has 0 amide bonds. The van der Waals surface area contributed by atoms with Crippen molar-refractivity contribution in [2.24, 2.45) is 16.8 Å². The van der Waals surface area contributed by atoms with E-state index < -0.39 is 0 Å². The van der Waals surface area contributed by atoms with Crippen molar-refractivity contribution in [2.45, 2.75) is 31.6 Å². The Kier molecular flexibility index (Phi) is 4.87. The van der Waals surface area contributed by atoms with Gasteiger partial charge in [-0.1, -0.05) is 6.07 Å². The number of nitrogens with zero attached hydrogens (tertiary/aromatic N) is 3. The lowest BCUT2D eigenvalue weighted by molar-refractivity contribution is 0.0767. The number of hydrogen-bond acceptors (Lipinski definition) is 3. The Hall–Kier alpha value is -0.890. The molecule has 1 aromatic heterocycles. The molecule has 3 aliphatic heterocycles. The summed E-state index contributed by atoms with van der Waals surface area (Å²) >= 11 is 0. The first-order valence-corrected chi connectivity index (χ1v) is 7.86. The van der Waals surface area contributed by atoms with Gasteiger partial charge in [0.2, 0.25) is 0 Å². The normalized spacial score (nSPS) is 32.8. The molecule has 0 radical (unpaired) electrons. The molecule has 0 aliphatic carbocycles. The molecule has 1 N–H and O–H groups in total. The molecule has 1 aromatic rings. The van der Waals surface area contributed by atoms with Crippen molar-refractivity contribution < 1.29 is 4.74 Å². The van der Waals surface area contributed by atoms with E-state index in [1.165, 1.54) is 12.8 Å². The van der Waals surface area contributed by atoms with Crippen molar-refractivity contribution >= 4 is 29.9 Å². The molecule has 5 nitrogen and oxygen atoms in total. The van der Waals surface area contributed by atoms with Crippen LogP contribution in [0.25, 0.3) is 0 Å². The molecule has 3 aliphatic rings. The molecular formula is C16H23IN4O. The number of halogens is 1. The maximum absolute atomic E-state index is 6.03. The van der Waals surface area contributed by atoms with E-state index in [1.807, 2.05) is 31.4 Å². The van der Waals surface area contributed by atoms with Crippen LogP contribution in [0.3, 0.4) is 0 Å². The Balaban J connectivity index is 0.00000144. The number of hydrogen-bond donors (Lipinski definition) is 1. The van der Waals surface area contributed by atoms with Gasteiger partial charge >= 0.3 is 0 Å². The van der Waals surface area contributed by atoms with Crippen LogP contribution in [0.2, 0.25) is 0 Å². The van der Waals surface area contributed by atoms with E-state index in [1.54, 1.807) is 0 Å². The highest BCUT2D eigenvalue weighted by atomic mass is 127. The van der Waals surface area contributed by atoms with E-state index in [4.69, 9.17) is 4.74 Å². The monoisotopic (exact) mass is 414 g/mol. The van der Waals surface area contributed by atoms with Crippen molar-refractivity contribution in [1.29, 1.82) is 0 Å². The van der Waals surface area contributed by atoms with Crippen LogP contribution in [0.5, 0.6) is 0 Å². The number of fused-ring (bicyclic) bond motifs is 5. The van der Waals surface area contributed by atoms with Crippen LogP contribution in [0.4, 0.5) is 0 Å². The summed E-state index contributed by atoms with van der Waals surface area (Å²) in [6.45, 7) is 2.88. The number of guanidine groups is 1. The highest BCUT2D eigenvalue weighted by molar-refractivity contribution is 14.0. The smallest absolute Gasteiger partial charge is 0.193 e. The number of rotatable bonds is 2. The summed E-state index contributed by atoms with van der Waals surface area (Å²) in [5.74, 6) is 2.41. The van der Waals surface area contributed by atoms with Gasteiger partial charge in [-0.25, -0.2) is 0 Å². The predicted octanol–water partition coefficient (Wildman–Crippen LogP) is 1.88. The van der Waals surface area contributed by atoms with Crippen LogP contribution >= 0.6 is 24.0 Å². The summed E-state index contributed by atoms with van der Waals surface area (Å²) in [4.78, 5) is 11.2. The standard InChI is InChI=1S/C16H22N4O.HI/c1-17-16(19-8-11-4-2-3-7-18-11)20-9-12-13(10-20)15-6-5-14(12)21-15;/h2-4,7,12-15H,5-6,8-10H2,1H3,(H,17,19);1H. The van der Waals surface area contributed by atoms with Gasteiger partial charge in [0, 0.05) is 38.2 Å².